The third-order valence-corrected chi connectivity index (χ3v) is 4.60. The molecule has 2 unspecified atom stereocenters. The number of nitrogens with one attached hydrogen (secondary N) is 2. The van der Waals surface area contributed by atoms with E-state index in [-0.39, 0.29) is 19.4 Å². The molecule has 1 aliphatic carbocycles. The second-order valence-corrected chi connectivity index (χ2v) is 7.01. The van der Waals surface area contributed by atoms with Crippen LogP contribution in [0.15, 0.2) is 0 Å². The first-order chi connectivity index (χ1) is 11.5. The fraction of sp³-hybridized carbons (Fsp3) is 0.727. The van der Waals surface area contributed by atoms with E-state index in [4.69, 9.17) is 4.55 Å². The van der Waals surface area contributed by atoms with E-state index in [2.05, 4.69) is 4.28 Å². The number of hydrogen-bond acceptors (Lipinski definition) is 6. The number of carbonyl (C=O) groups is 3. The van der Waals surface area contributed by atoms with Crippen LogP contribution in [0.2, 0.25) is 0 Å². The summed E-state index contributed by atoms with van der Waals surface area (Å²) in [6.07, 6.45) is -0.264. The van der Waals surface area contributed by atoms with E-state index in [9.17, 15) is 31.6 Å². The maximum Gasteiger partial charge on any atom is 0.418 e. The summed E-state index contributed by atoms with van der Waals surface area (Å²) in [6.45, 7) is -0.0267. The zero-order valence-corrected chi connectivity index (χ0v) is 13.3. The average molecular weight is 384 g/mol. The lowest BCUT2D eigenvalue weighted by molar-refractivity contribution is -0.133. The summed E-state index contributed by atoms with van der Waals surface area (Å²) in [5.41, 5.74) is 3.87. The van der Waals surface area contributed by atoms with Gasteiger partial charge in [-0.05, 0) is 12.8 Å². The minimum atomic E-state index is -4.90. The monoisotopic (exact) mass is 384 g/mol. The minimum absolute atomic E-state index is 0.0267. The van der Waals surface area contributed by atoms with Gasteiger partial charge in [0.1, 0.15) is 12.0 Å². The molecular weight excluding hydrogens is 370 g/mol. The fourth-order valence-electron chi connectivity index (χ4n) is 2.90. The molecule has 0 aromatic heterocycles. The minimum Gasteiger partial charge on any atom is -0.309 e. The van der Waals surface area contributed by atoms with Crippen molar-refractivity contribution in [3.05, 3.63) is 0 Å². The number of nitrogens with zero attached hydrogens (tertiary/aromatic N) is 2. The Kier molecular flexibility index (Phi) is 4.08. The second kappa shape index (κ2) is 5.74. The molecule has 0 radical (unpaired) electrons. The number of hydrazine groups is 1. The molecule has 140 valence electrons. The van der Waals surface area contributed by atoms with Gasteiger partial charge in [0.05, 0.1) is 6.04 Å². The number of alkyl halides is 2. The predicted octanol–water partition coefficient (Wildman–Crippen LogP) is -1.21. The molecule has 2 saturated heterocycles. The van der Waals surface area contributed by atoms with Gasteiger partial charge in [-0.2, -0.15) is 13.5 Å². The number of hydroxylamine groups is 2. The van der Waals surface area contributed by atoms with Gasteiger partial charge in [-0.15, -0.1) is 4.28 Å². The first kappa shape index (κ1) is 17.8. The van der Waals surface area contributed by atoms with Gasteiger partial charge in [-0.3, -0.25) is 25.0 Å². The molecule has 4 amide bonds. The number of urea groups is 1. The van der Waals surface area contributed by atoms with Crippen molar-refractivity contribution in [2.24, 2.45) is 5.92 Å². The normalized spacial score (nSPS) is 30.2. The zero-order chi connectivity index (χ0) is 18.6. The van der Waals surface area contributed by atoms with Crippen molar-refractivity contribution in [2.45, 2.75) is 37.3 Å². The Morgan fingerprint density at radius 1 is 1.24 bits per heavy atom. The van der Waals surface area contributed by atoms with Crippen LogP contribution in [0.3, 0.4) is 0 Å². The lowest BCUT2D eigenvalue weighted by Crippen LogP contribution is -2.54. The van der Waals surface area contributed by atoms with Gasteiger partial charge in [0.25, 0.3) is 11.8 Å². The second-order valence-electron chi connectivity index (χ2n) is 6.01. The molecule has 0 aromatic rings. The van der Waals surface area contributed by atoms with Gasteiger partial charge in [-0.25, -0.2) is 13.6 Å². The molecule has 25 heavy (non-hydrogen) atoms. The molecule has 2 aliphatic heterocycles. The number of fused-ring (bicyclic) bond motifs is 2. The number of halogens is 2. The molecule has 2 bridgehead atoms. The quantitative estimate of drug-likeness (QED) is 0.407. The first-order valence-corrected chi connectivity index (χ1v) is 8.60. The lowest BCUT2D eigenvalue weighted by Gasteiger charge is -2.29. The fourth-order valence-corrected chi connectivity index (χ4v) is 3.28. The number of hydrogen-bond donors (Lipinski definition) is 3. The van der Waals surface area contributed by atoms with Gasteiger partial charge in [0, 0.05) is 13.0 Å². The van der Waals surface area contributed by atoms with Crippen LogP contribution in [0.25, 0.3) is 0 Å². The van der Waals surface area contributed by atoms with Crippen molar-refractivity contribution in [3.8, 4) is 0 Å². The Morgan fingerprint density at radius 2 is 1.84 bits per heavy atom. The summed E-state index contributed by atoms with van der Waals surface area (Å²) in [5, 5.41) is 0.464. The number of carbonyl (C=O) groups excluding carboxylic acids is 3. The van der Waals surface area contributed by atoms with Crippen molar-refractivity contribution in [1.29, 1.82) is 0 Å². The van der Waals surface area contributed by atoms with E-state index >= 15 is 0 Å². The summed E-state index contributed by atoms with van der Waals surface area (Å²) in [5.74, 6) is -6.41. The van der Waals surface area contributed by atoms with Crippen LogP contribution in [0, 0.1) is 5.92 Å². The highest BCUT2D eigenvalue weighted by Gasteiger charge is 2.61. The zero-order valence-electron chi connectivity index (χ0n) is 12.5. The molecule has 0 spiro atoms. The van der Waals surface area contributed by atoms with Crippen LogP contribution in [-0.2, 0) is 24.3 Å². The standard InChI is InChI=1S/C11H14F2N4O7S/c12-11(13)3-6(11)8(18)14-15-9(19)7-2-1-5-4-16(7)10(20)17(5)24-25(21,22)23/h5-7H,1-4H2,(H,14,18)(H,15,19)(H,21,22,23)/t5?,6?,7-/m0/s1. The van der Waals surface area contributed by atoms with Crippen molar-refractivity contribution < 1.29 is 40.4 Å². The Hall–Kier alpha value is -2.06. The summed E-state index contributed by atoms with van der Waals surface area (Å²) >= 11 is 0. The van der Waals surface area contributed by atoms with E-state index in [0.717, 1.165) is 4.90 Å². The maximum atomic E-state index is 12.8. The van der Waals surface area contributed by atoms with E-state index in [0.29, 0.717) is 5.06 Å². The van der Waals surface area contributed by atoms with Crippen molar-refractivity contribution in [2.75, 3.05) is 6.54 Å². The molecule has 3 aliphatic rings. The number of amides is 4. The summed E-state index contributed by atoms with van der Waals surface area (Å²) in [4.78, 5) is 36.6. The molecule has 3 rings (SSSR count). The lowest BCUT2D eigenvalue weighted by atomic mass is 10.0. The largest absolute Gasteiger partial charge is 0.418 e. The van der Waals surface area contributed by atoms with Crippen LogP contribution in [0.4, 0.5) is 13.6 Å². The molecule has 11 nitrogen and oxygen atoms in total. The van der Waals surface area contributed by atoms with Crippen LogP contribution in [0.1, 0.15) is 19.3 Å². The predicted molar refractivity (Wildman–Crippen MR) is 72.7 cm³/mol. The number of rotatable bonds is 4. The third kappa shape index (κ3) is 3.50. The van der Waals surface area contributed by atoms with Gasteiger partial charge in [-0.1, -0.05) is 0 Å². The molecule has 3 N–H and O–H groups in total. The highest BCUT2D eigenvalue weighted by Crippen LogP contribution is 2.48. The Bertz CT molecular complexity index is 730. The maximum absolute atomic E-state index is 12.8. The molecule has 3 fully saturated rings. The van der Waals surface area contributed by atoms with Crippen molar-refractivity contribution >= 4 is 28.2 Å². The van der Waals surface area contributed by atoms with Crippen LogP contribution >= 0.6 is 0 Å². The topological polar surface area (TPSA) is 145 Å². The Balaban J connectivity index is 1.58. The van der Waals surface area contributed by atoms with Gasteiger partial charge >= 0.3 is 16.4 Å². The van der Waals surface area contributed by atoms with E-state index in [1.165, 1.54) is 0 Å². The van der Waals surface area contributed by atoms with Crippen LogP contribution < -0.4 is 10.9 Å². The van der Waals surface area contributed by atoms with Gasteiger partial charge in [0.15, 0.2) is 0 Å². The van der Waals surface area contributed by atoms with E-state index in [1.54, 1.807) is 0 Å². The SMILES string of the molecule is O=C(NNC(=O)[C@@H]1CCC2CN1C(=O)N2OS(=O)(=O)O)C1CC1(F)F. The molecule has 2 heterocycles. The van der Waals surface area contributed by atoms with Crippen LogP contribution in [0.5, 0.6) is 0 Å². The summed E-state index contributed by atoms with van der Waals surface area (Å²) in [7, 11) is -4.90. The highest BCUT2D eigenvalue weighted by molar-refractivity contribution is 7.80. The van der Waals surface area contributed by atoms with Gasteiger partial charge < -0.3 is 4.90 Å². The Morgan fingerprint density at radius 3 is 2.40 bits per heavy atom. The number of piperidine rings is 1. The molecular formula is C11H14F2N4O7S. The smallest absolute Gasteiger partial charge is 0.309 e. The molecule has 0 aromatic carbocycles. The third-order valence-electron chi connectivity index (χ3n) is 4.25. The van der Waals surface area contributed by atoms with E-state index in [1.807, 2.05) is 10.9 Å². The summed E-state index contributed by atoms with van der Waals surface area (Å²) < 4.78 is 59.9. The van der Waals surface area contributed by atoms with Gasteiger partial charge in [0.2, 0.25) is 5.91 Å². The van der Waals surface area contributed by atoms with Crippen LogP contribution in [-0.4, -0.2) is 65.3 Å². The molecule has 3 atom stereocenters. The first-order valence-electron chi connectivity index (χ1n) is 7.24. The van der Waals surface area contributed by atoms with Crippen molar-refractivity contribution in [1.82, 2.24) is 20.8 Å². The summed E-state index contributed by atoms with van der Waals surface area (Å²) in [6, 6.07) is -2.66. The average Bonchev–Trinajstić information content (AvgIpc) is 3.10. The molecule has 1 saturated carbocycles. The highest BCUT2D eigenvalue weighted by atomic mass is 32.3. The van der Waals surface area contributed by atoms with E-state index < -0.39 is 58.6 Å². The van der Waals surface area contributed by atoms with Crippen molar-refractivity contribution in [3.63, 3.8) is 0 Å². The Labute approximate surface area is 140 Å². The molecule has 14 heteroatoms.